The highest BCUT2D eigenvalue weighted by atomic mass is 32.2. The Morgan fingerprint density at radius 1 is 1.24 bits per heavy atom. The molecule has 134 valence electrons. The smallest absolute Gasteiger partial charge is 0.263 e. The highest BCUT2D eigenvalue weighted by Crippen LogP contribution is 2.31. The number of aromatic nitrogens is 1. The third-order valence-electron chi connectivity index (χ3n) is 3.85. The van der Waals surface area contributed by atoms with Gasteiger partial charge in [-0.3, -0.25) is 9.52 Å². The van der Waals surface area contributed by atoms with Crippen LogP contribution in [0.4, 0.5) is 5.13 Å². The summed E-state index contributed by atoms with van der Waals surface area (Å²) in [5.74, 6) is 0.165. The molecule has 0 saturated heterocycles. The average Bonchev–Trinajstić information content (AvgIpc) is 3.01. The fourth-order valence-electron chi connectivity index (χ4n) is 2.51. The normalized spacial score (nSPS) is 13.8. The quantitative estimate of drug-likeness (QED) is 0.797. The number of hydrogen-bond donors (Lipinski definition) is 2. The summed E-state index contributed by atoms with van der Waals surface area (Å²) < 4.78 is 32.8. The van der Waals surface area contributed by atoms with Crippen molar-refractivity contribution >= 4 is 32.4 Å². The molecular formula is C16H19N3O4S2. The zero-order valence-electron chi connectivity index (χ0n) is 13.7. The number of carbonyl (C=O) groups is 1. The lowest BCUT2D eigenvalue weighted by atomic mass is 10.0. The summed E-state index contributed by atoms with van der Waals surface area (Å²) in [4.78, 5) is 16.8. The molecule has 0 spiro atoms. The summed E-state index contributed by atoms with van der Waals surface area (Å²) in [6, 6.07) is 5.92. The number of likely N-dealkylation sites (N-methyl/N-ethyl adjacent to an activating group) is 1. The van der Waals surface area contributed by atoms with Gasteiger partial charge >= 0.3 is 0 Å². The fraction of sp³-hybridized carbons (Fsp3) is 0.375. The van der Waals surface area contributed by atoms with Crippen molar-refractivity contribution in [3.05, 3.63) is 34.8 Å². The van der Waals surface area contributed by atoms with Crippen LogP contribution in [0.2, 0.25) is 0 Å². The van der Waals surface area contributed by atoms with Gasteiger partial charge in [0, 0.05) is 11.9 Å². The van der Waals surface area contributed by atoms with E-state index in [1.54, 1.807) is 0 Å². The predicted molar refractivity (Wildman–Crippen MR) is 95.6 cm³/mol. The van der Waals surface area contributed by atoms with Gasteiger partial charge in [-0.25, -0.2) is 13.4 Å². The number of nitrogens with zero attached hydrogens (tertiary/aromatic N) is 1. The maximum absolute atomic E-state index is 12.5. The molecule has 1 amide bonds. The molecule has 0 fully saturated rings. The second-order valence-corrected chi connectivity index (χ2v) is 8.40. The minimum atomic E-state index is -3.70. The molecular weight excluding hydrogens is 362 g/mol. The van der Waals surface area contributed by atoms with Crippen LogP contribution in [0.3, 0.4) is 0 Å². The van der Waals surface area contributed by atoms with Gasteiger partial charge in [0.2, 0.25) is 0 Å². The lowest BCUT2D eigenvalue weighted by molar-refractivity contribution is -0.122. The lowest BCUT2D eigenvalue weighted by Gasteiger charge is -2.08. The molecule has 0 saturated carbocycles. The average molecular weight is 381 g/mol. The Morgan fingerprint density at radius 2 is 1.96 bits per heavy atom. The van der Waals surface area contributed by atoms with E-state index in [-0.39, 0.29) is 17.4 Å². The van der Waals surface area contributed by atoms with Crippen molar-refractivity contribution in [3.63, 3.8) is 0 Å². The number of hydrogen-bond acceptors (Lipinski definition) is 6. The van der Waals surface area contributed by atoms with Crippen LogP contribution in [-0.4, -0.2) is 33.0 Å². The van der Waals surface area contributed by atoms with Gasteiger partial charge in [0.1, 0.15) is 5.75 Å². The number of benzene rings is 1. The van der Waals surface area contributed by atoms with Crippen molar-refractivity contribution < 1.29 is 17.9 Å². The Kier molecular flexibility index (Phi) is 5.24. The van der Waals surface area contributed by atoms with Gasteiger partial charge in [-0.15, -0.1) is 11.3 Å². The van der Waals surface area contributed by atoms with Gasteiger partial charge in [-0.1, -0.05) is 0 Å². The van der Waals surface area contributed by atoms with E-state index < -0.39 is 10.0 Å². The highest BCUT2D eigenvalue weighted by Gasteiger charge is 2.20. The van der Waals surface area contributed by atoms with Crippen LogP contribution in [0.25, 0.3) is 0 Å². The molecule has 0 atom stereocenters. The van der Waals surface area contributed by atoms with E-state index in [0.29, 0.717) is 10.9 Å². The molecule has 1 aromatic carbocycles. The molecule has 0 radical (unpaired) electrons. The summed E-state index contributed by atoms with van der Waals surface area (Å²) in [6.45, 7) is -0.120. The third kappa shape index (κ3) is 4.29. The number of ether oxygens (including phenoxy) is 1. The van der Waals surface area contributed by atoms with E-state index in [0.717, 1.165) is 31.4 Å². The van der Waals surface area contributed by atoms with Crippen molar-refractivity contribution in [1.29, 1.82) is 0 Å². The Hall–Kier alpha value is -2.13. The third-order valence-corrected chi connectivity index (χ3v) is 6.41. The van der Waals surface area contributed by atoms with Crippen molar-refractivity contribution in [2.75, 3.05) is 18.4 Å². The van der Waals surface area contributed by atoms with Crippen molar-refractivity contribution in [3.8, 4) is 5.75 Å². The van der Waals surface area contributed by atoms with E-state index in [2.05, 4.69) is 15.0 Å². The summed E-state index contributed by atoms with van der Waals surface area (Å²) in [5.41, 5.74) is 1.01. The van der Waals surface area contributed by atoms with Crippen molar-refractivity contribution in [2.24, 2.45) is 0 Å². The molecule has 1 aromatic heterocycles. The predicted octanol–water partition coefficient (Wildman–Crippen LogP) is 1.95. The standard InChI is InChI=1S/C16H19N3O4S2/c1-17-15(20)10-23-11-6-8-12(9-7-11)25(21,22)19-16-18-13-4-2-3-5-14(13)24-16/h6-9H,2-5,10H2,1H3,(H,17,20)(H,18,19). The maximum atomic E-state index is 12.5. The van der Waals surface area contributed by atoms with E-state index in [1.807, 2.05) is 0 Å². The van der Waals surface area contributed by atoms with Crippen LogP contribution in [0.15, 0.2) is 29.2 Å². The van der Waals surface area contributed by atoms with Crippen LogP contribution in [0, 0.1) is 0 Å². The molecule has 25 heavy (non-hydrogen) atoms. The zero-order valence-corrected chi connectivity index (χ0v) is 15.4. The summed E-state index contributed by atoms with van der Waals surface area (Å²) >= 11 is 1.40. The molecule has 3 rings (SSSR count). The topological polar surface area (TPSA) is 97.4 Å². The number of rotatable bonds is 6. The number of thiazole rings is 1. The van der Waals surface area contributed by atoms with Crippen LogP contribution in [-0.2, 0) is 27.7 Å². The Morgan fingerprint density at radius 3 is 2.64 bits per heavy atom. The second kappa shape index (κ2) is 7.40. The molecule has 1 aliphatic rings. The minimum Gasteiger partial charge on any atom is -0.484 e. The molecule has 0 aliphatic heterocycles. The first kappa shape index (κ1) is 17.7. The van der Waals surface area contributed by atoms with Gasteiger partial charge in [0.05, 0.1) is 10.6 Å². The van der Waals surface area contributed by atoms with E-state index in [9.17, 15) is 13.2 Å². The molecule has 2 N–H and O–H groups in total. The zero-order chi connectivity index (χ0) is 17.9. The van der Waals surface area contributed by atoms with E-state index in [4.69, 9.17) is 4.74 Å². The number of nitrogens with one attached hydrogen (secondary N) is 2. The molecule has 0 unspecified atom stereocenters. The van der Waals surface area contributed by atoms with Gasteiger partial charge in [0.15, 0.2) is 11.7 Å². The molecule has 0 bridgehead atoms. The summed E-state index contributed by atoms with van der Waals surface area (Å²) in [5, 5.41) is 2.85. The Labute approximate surface area is 150 Å². The van der Waals surface area contributed by atoms with Crippen molar-refractivity contribution in [1.82, 2.24) is 10.3 Å². The Bertz CT molecular complexity index is 837. The minimum absolute atomic E-state index is 0.118. The van der Waals surface area contributed by atoms with Crippen LogP contribution < -0.4 is 14.8 Å². The number of anilines is 1. The summed E-state index contributed by atoms with van der Waals surface area (Å²) in [6.07, 6.45) is 4.09. The first-order valence-corrected chi connectivity index (χ1v) is 10.2. The van der Waals surface area contributed by atoms with Crippen LogP contribution in [0.1, 0.15) is 23.4 Å². The number of sulfonamides is 1. The monoisotopic (exact) mass is 381 g/mol. The molecule has 9 heteroatoms. The maximum Gasteiger partial charge on any atom is 0.263 e. The van der Waals surface area contributed by atoms with Gasteiger partial charge in [-0.05, 0) is 49.9 Å². The Balaban J connectivity index is 1.69. The number of amides is 1. The number of carbonyl (C=O) groups excluding carboxylic acids is 1. The number of aryl methyl sites for hydroxylation is 2. The molecule has 7 nitrogen and oxygen atoms in total. The molecule has 1 heterocycles. The van der Waals surface area contributed by atoms with Gasteiger partial charge in [-0.2, -0.15) is 0 Å². The van der Waals surface area contributed by atoms with Crippen LogP contribution >= 0.6 is 11.3 Å². The number of fused-ring (bicyclic) bond motifs is 1. The molecule has 1 aliphatic carbocycles. The fourth-order valence-corrected chi connectivity index (χ4v) is 4.79. The highest BCUT2D eigenvalue weighted by molar-refractivity contribution is 7.93. The first-order valence-electron chi connectivity index (χ1n) is 7.93. The lowest BCUT2D eigenvalue weighted by Crippen LogP contribution is -2.24. The first-order chi connectivity index (χ1) is 12.0. The van der Waals surface area contributed by atoms with Gasteiger partial charge < -0.3 is 10.1 Å². The SMILES string of the molecule is CNC(=O)COc1ccc(S(=O)(=O)Nc2nc3c(s2)CCCC3)cc1. The summed E-state index contributed by atoms with van der Waals surface area (Å²) in [7, 11) is -2.19. The second-order valence-electron chi connectivity index (χ2n) is 5.63. The van der Waals surface area contributed by atoms with Crippen LogP contribution in [0.5, 0.6) is 5.75 Å². The molecule has 2 aromatic rings. The largest absolute Gasteiger partial charge is 0.484 e. The van der Waals surface area contributed by atoms with Gasteiger partial charge in [0.25, 0.3) is 15.9 Å². The van der Waals surface area contributed by atoms with Crippen molar-refractivity contribution in [2.45, 2.75) is 30.6 Å². The van der Waals surface area contributed by atoms with E-state index in [1.165, 1.54) is 47.5 Å². The van der Waals surface area contributed by atoms with E-state index >= 15 is 0 Å².